The fourth-order valence-corrected chi connectivity index (χ4v) is 1.14. The van der Waals surface area contributed by atoms with E-state index in [2.05, 4.69) is 5.10 Å². The summed E-state index contributed by atoms with van der Waals surface area (Å²) in [6.45, 7) is 0. The molecule has 0 aliphatic heterocycles. The Bertz CT molecular complexity index is 472. The molecule has 1 N–H and O–H groups in total. The smallest absolute Gasteiger partial charge is 0.271 e. The zero-order valence-electron chi connectivity index (χ0n) is 6.70. The average Bonchev–Trinajstić information content (AvgIpc) is 2.52. The molecule has 0 saturated carbocycles. The number of H-pyrrole nitrogens is 1. The van der Waals surface area contributed by atoms with Crippen LogP contribution < -0.4 is 5.56 Å². The summed E-state index contributed by atoms with van der Waals surface area (Å²) in [5, 5.41) is 2.63. The molecule has 1 aromatic carbocycles. The molecule has 0 aliphatic rings. The lowest BCUT2D eigenvalue weighted by Crippen LogP contribution is -2.14. The van der Waals surface area contributed by atoms with Crippen molar-refractivity contribution in [2.45, 2.75) is 0 Å². The number of para-hydroxylation sites is 1. The van der Waals surface area contributed by atoms with Crippen molar-refractivity contribution in [1.82, 2.24) is 9.78 Å². The summed E-state index contributed by atoms with van der Waals surface area (Å²) in [7, 11) is 0. The Kier molecular flexibility index (Phi) is 1.73. The molecule has 0 radical (unpaired) electrons. The maximum Gasteiger partial charge on any atom is 0.271 e. The van der Waals surface area contributed by atoms with Gasteiger partial charge < -0.3 is 0 Å². The number of rotatable bonds is 1. The molecular formula is C9H7FN2O. The highest BCUT2D eigenvalue weighted by atomic mass is 19.1. The number of nitrogens with zero attached hydrogens (tertiary/aromatic N) is 1. The van der Waals surface area contributed by atoms with E-state index in [0.29, 0.717) is 0 Å². The first-order valence-electron chi connectivity index (χ1n) is 3.80. The fraction of sp³-hybridized carbons (Fsp3) is 0. The molecule has 1 aromatic heterocycles. The first-order chi connectivity index (χ1) is 6.29. The van der Waals surface area contributed by atoms with E-state index < -0.39 is 5.82 Å². The number of benzene rings is 1. The Morgan fingerprint density at radius 2 is 2.00 bits per heavy atom. The first-order valence-corrected chi connectivity index (χ1v) is 3.80. The summed E-state index contributed by atoms with van der Waals surface area (Å²) in [6, 6.07) is 7.43. The van der Waals surface area contributed by atoms with Gasteiger partial charge in [0, 0.05) is 12.3 Å². The molecule has 0 unspecified atom stereocenters. The van der Waals surface area contributed by atoms with Crippen molar-refractivity contribution >= 4 is 0 Å². The summed E-state index contributed by atoms with van der Waals surface area (Å²) in [6.07, 6.45) is 1.47. The number of halogens is 1. The van der Waals surface area contributed by atoms with Crippen LogP contribution in [0.1, 0.15) is 0 Å². The lowest BCUT2D eigenvalue weighted by Gasteiger charge is -2.01. The standard InChI is InChI=1S/C9H7FN2O/c10-7-3-1-2-4-8(7)12-9(13)5-6-11-12/h1-6,11H. The normalized spacial score (nSPS) is 10.2. The third-order valence-corrected chi connectivity index (χ3v) is 1.74. The molecule has 2 rings (SSSR count). The van der Waals surface area contributed by atoms with Crippen LogP contribution in [0.3, 0.4) is 0 Å². The number of hydrogen-bond donors (Lipinski definition) is 1. The van der Waals surface area contributed by atoms with Crippen molar-refractivity contribution in [1.29, 1.82) is 0 Å². The minimum absolute atomic E-state index is 0.234. The predicted molar refractivity (Wildman–Crippen MR) is 46.3 cm³/mol. The lowest BCUT2D eigenvalue weighted by molar-refractivity contribution is 0.608. The van der Waals surface area contributed by atoms with Crippen LogP contribution >= 0.6 is 0 Å². The van der Waals surface area contributed by atoms with E-state index in [1.165, 1.54) is 24.4 Å². The third-order valence-electron chi connectivity index (χ3n) is 1.74. The van der Waals surface area contributed by atoms with Gasteiger partial charge >= 0.3 is 0 Å². The Morgan fingerprint density at radius 3 is 2.62 bits per heavy atom. The average molecular weight is 178 g/mol. The molecule has 3 nitrogen and oxygen atoms in total. The van der Waals surface area contributed by atoms with E-state index in [0.717, 1.165) is 4.68 Å². The van der Waals surface area contributed by atoms with Crippen LogP contribution in [0.5, 0.6) is 0 Å². The highest BCUT2D eigenvalue weighted by Gasteiger charge is 2.04. The second-order valence-corrected chi connectivity index (χ2v) is 2.59. The molecule has 0 saturated heterocycles. The highest BCUT2D eigenvalue weighted by Crippen LogP contribution is 2.08. The molecule has 2 aromatic rings. The minimum Gasteiger partial charge on any atom is -0.298 e. The maximum absolute atomic E-state index is 13.2. The number of aromatic nitrogens is 2. The van der Waals surface area contributed by atoms with Gasteiger partial charge in [-0.2, -0.15) is 0 Å². The van der Waals surface area contributed by atoms with Crippen molar-refractivity contribution in [3.63, 3.8) is 0 Å². The van der Waals surface area contributed by atoms with Gasteiger partial charge in [-0.3, -0.25) is 9.89 Å². The summed E-state index contributed by atoms with van der Waals surface area (Å²) in [5.74, 6) is -0.424. The van der Waals surface area contributed by atoms with Gasteiger partial charge in [0.15, 0.2) is 0 Å². The van der Waals surface area contributed by atoms with E-state index in [1.54, 1.807) is 12.1 Å². The third kappa shape index (κ3) is 1.26. The molecule has 4 heteroatoms. The van der Waals surface area contributed by atoms with Gasteiger partial charge in [0.2, 0.25) is 0 Å². The fourth-order valence-electron chi connectivity index (χ4n) is 1.14. The molecule has 0 spiro atoms. The summed E-state index contributed by atoms with van der Waals surface area (Å²) in [5.41, 5.74) is -0.0393. The van der Waals surface area contributed by atoms with Gasteiger partial charge in [0.05, 0.1) is 0 Å². The second kappa shape index (κ2) is 2.90. The second-order valence-electron chi connectivity index (χ2n) is 2.59. The largest absolute Gasteiger partial charge is 0.298 e. The molecule has 1 heterocycles. The monoisotopic (exact) mass is 178 g/mol. The van der Waals surface area contributed by atoms with E-state index in [1.807, 2.05) is 0 Å². The van der Waals surface area contributed by atoms with Crippen LogP contribution in [0.4, 0.5) is 4.39 Å². The Hall–Kier alpha value is -1.84. The Morgan fingerprint density at radius 1 is 1.23 bits per heavy atom. The summed E-state index contributed by atoms with van der Waals surface area (Å²) < 4.78 is 14.3. The number of aromatic amines is 1. The van der Waals surface area contributed by atoms with Crippen LogP contribution in [-0.2, 0) is 0 Å². The number of hydrogen-bond acceptors (Lipinski definition) is 1. The van der Waals surface area contributed by atoms with Gasteiger partial charge in [0.1, 0.15) is 11.5 Å². The molecule has 0 atom stereocenters. The van der Waals surface area contributed by atoms with Gasteiger partial charge in [-0.1, -0.05) is 12.1 Å². The van der Waals surface area contributed by atoms with Crippen molar-refractivity contribution in [3.05, 3.63) is 52.7 Å². The highest BCUT2D eigenvalue weighted by molar-refractivity contribution is 5.31. The molecule has 66 valence electrons. The SMILES string of the molecule is O=c1cc[nH]n1-c1ccccc1F. The van der Waals surface area contributed by atoms with Crippen LogP contribution in [-0.4, -0.2) is 9.78 Å². The van der Waals surface area contributed by atoms with Crippen molar-refractivity contribution in [3.8, 4) is 5.69 Å². The van der Waals surface area contributed by atoms with Crippen molar-refractivity contribution < 1.29 is 4.39 Å². The van der Waals surface area contributed by atoms with E-state index in [9.17, 15) is 9.18 Å². The quantitative estimate of drug-likeness (QED) is 0.702. The first kappa shape index (κ1) is 7.79. The summed E-state index contributed by atoms with van der Waals surface area (Å²) >= 11 is 0. The van der Waals surface area contributed by atoms with Crippen LogP contribution in [0.15, 0.2) is 41.3 Å². The Balaban J connectivity index is 2.66. The van der Waals surface area contributed by atoms with Crippen molar-refractivity contribution in [2.24, 2.45) is 0 Å². The van der Waals surface area contributed by atoms with Gasteiger partial charge in [-0.15, -0.1) is 0 Å². The van der Waals surface area contributed by atoms with Crippen molar-refractivity contribution in [2.75, 3.05) is 0 Å². The van der Waals surface area contributed by atoms with E-state index >= 15 is 0 Å². The van der Waals surface area contributed by atoms with Gasteiger partial charge in [-0.05, 0) is 12.1 Å². The van der Waals surface area contributed by atoms with Crippen LogP contribution in [0, 0.1) is 5.82 Å². The zero-order valence-corrected chi connectivity index (χ0v) is 6.70. The van der Waals surface area contributed by atoms with E-state index in [4.69, 9.17) is 0 Å². The molecule has 0 amide bonds. The predicted octanol–water partition coefficient (Wildman–Crippen LogP) is 1.30. The minimum atomic E-state index is -0.424. The molecular weight excluding hydrogens is 171 g/mol. The maximum atomic E-state index is 13.2. The van der Waals surface area contributed by atoms with Crippen LogP contribution in [0.25, 0.3) is 5.69 Å². The van der Waals surface area contributed by atoms with Gasteiger partial charge in [0.25, 0.3) is 5.56 Å². The lowest BCUT2D eigenvalue weighted by atomic mass is 10.3. The molecule has 13 heavy (non-hydrogen) atoms. The Labute approximate surface area is 73.4 Å². The topological polar surface area (TPSA) is 37.8 Å². The van der Waals surface area contributed by atoms with Crippen LogP contribution in [0.2, 0.25) is 0 Å². The zero-order chi connectivity index (χ0) is 9.26. The summed E-state index contributed by atoms with van der Waals surface area (Å²) in [4.78, 5) is 11.1. The number of nitrogens with one attached hydrogen (secondary N) is 1. The molecule has 0 fully saturated rings. The van der Waals surface area contributed by atoms with Gasteiger partial charge in [-0.25, -0.2) is 9.07 Å². The molecule has 0 bridgehead atoms. The molecule has 0 aliphatic carbocycles. The van der Waals surface area contributed by atoms with E-state index in [-0.39, 0.29) is 11.2 Å².